The van der Waals surface area contributed by atoms with E-state index in [4.69, 9.17) is 11.6 Å². The number of carbonyl (C=O) groups excluding carboxylic acids is 2. The summed E-state index contributed by atoms with van der Waals surface area (Å²) < 4.78 is 1.87. The molecule has 1 heterocycles. The molecule has 2 aromatic carbocycles. The Kier molecular flexibility index (Phi) is 6.85. The zero-order chi connectivity index (χ0) is 20.8. The number of nitrogens with one attached hydrogen (secondary N) is 1. The number of carbonyl (C=O) groups is 2. The maximum Gasteiger partial charge on any atom is 0.234 e. The minimum absolute atomic E-state index is 0.0192. The van der Waals surface area contributed by atoms with Gasteiger partial charge in [-0.15, -0.1) is 16.8 Å². The summed E-state index contributed by atoms with van der Waals surface area (Å²) in [5.41, 5.74) is 2.00. The molecule has 29 heavy (non-hydrogen) atoms. The molecule has 3 aromatic rings. The molecule has 6 nitrogen and oxygen atoms in total. The molecular formula is C21H19ClN4O2S. The number of rotatable bonds is 8. The molecule has 8 heteroatoms. The first-order valence-electron chi connectivity index (χ1n) is 8.82. The van der Waals surface area contributed by atoms with E-state index in [2.05, 4.69) is 22.1 Å². The number of ketones is 1. The lowest BCUT2D eigenvalue weighted by molar-refractivity contribution is -0.113. The third-order valence-corrected chi connectivity index (χ3v) is 5.35. The maximum atomic E-state index is 12.3. The SMILES string of the molecule is C=CCn1c(SCC(=O)Nc2ccc(C(C)=O)cc2)nnc1-c1ccccc1Cl. The number of thioether (sulfide) groups is 1. The van der Waals surface area contributed by atoms with Gasteiger partial charge in [-0.05, 0) is 43.3 Å². The van der Waals surface area contributed by atoms with E-state index in [-0.39, 0.29) is 17.4 Å². The molecule has 0 radical (unpaired) electrons. The van der Waals surface area contributed by atoms with Crippen LogP contribution in [-0.2, 0) is 11.3 Å². The number of anilines is 1. The van der Waals surface area contributed by atoms with E-state index in [1.54, 1.807) is 36.4 Å². The number of allylic oxidation sites excluding steroid dienone is 1. The Hall–Kier alpha value is -2.90. The molecular weight excluding hydrogens is 408 g/mol. The Morgan fingerprint density at radius 1 is 1.17 bits per heavy atom. The van der Waals surface area contributed by atoms with Gasteiger partial charge in [0.15, 0.2) is 16.8 Å². The van der Waals surface area contributed by atoms with Crippen molar-refractivity contribution >= 4 is 40.7 Å². The molecule has 0 saturated carbocycles. The quantitative estimate of drug-likeness (QED) is 0.320. The van der Waals surface area contributed by atoms with E-state index >= 15 is 0 Å². The molecule has 0 aliphatic rings. The highest BCUT2D eigenvalue weighted by atomic mass is 35.5. The number of halogens is 1. The van der Waals surface area contributed by atoms with Gasteiger partial charge in [-0.25, -0.2) is 0 Å². The summed E-state index contributed by atoms with van der Waals surface area (Å²) in [6.07, 6.45) is 1.74. The van der Waals surface area contributed by atoms with Crippen molar-refractivity contribution in [3.05, 3.63) is 71.8 Å². The first-order valence-corrected chi connectivity index (χ1v) is 10.2. The highest BCUT2D eigenvalue weighted by molar-refractivity contribution is 7.99. The van der Waals surface area contributed by atoms with Crippen LogP contribution in [0.5, 0.6) is 0 Å². The highest BCUT2D eigenvalue weighted by Gasteiger charge is 2.16. The van der Waals surface area contributed by atoms with Gasteiger partial charge in [-0.1, -0.05) is 41.6 Å². The third kappa shape index (κ3) is 5.13. The van der Waals surface area contributed by atoms with Gasteiger partial charge in [0.05, 0.1) is 10.8 Å². The van der Waals surface area contributed by atoms with E-state index in [1.807, 2.05) is 22.8 Å². The van der Waals surface area contributed by atoms with Gasteiger partial charge in [0.2, 0.25) is 5.91 Å². The topological polar surface area (TPSA) is 76.9 Å². The smallest absolute Gasteiger partial charge is 0.234 e. The number of amides is 1. The van der Waals surface area contributed by atoms with Crippen molar-refractivity contribution in [2.45, 2.75) is 18.6 Å². The minimum Gasteiger partial charge on any atom is -0.325 e. The molecule has 1 amide bonds. The first-order chi connectivity index (χ1) is 14.0. The predicted molar refractivity (Wildman–Crippen MR) is 116 cm³/mol. The zero-order valence-corrected chi connectivity index (χ0v) is 17.3. The van der Waals surface area contributed by atoms with Crippen LogP contribution in [0.2, 0.25) is 5.02 Å². The van der Waals surface area contributed by atoms with Gasteiger partial charge < -0.3 is 5.32 Å². The van der Waals surface area contributed by atoms with Crippen LogP contribution < -0.4 is 5.32 Å². The third-order valence-electron chi connectivity index (χ3n) is 4.05. The average Bonchev–Trinajstić information content (AvgIpc) is 3.10. The lowest BCUT2D eigenvalue weighted by Crippen LogP contribution is -2.14. The number of hydrogen-bond acceptors (Lipinski definition) is 5. The summed E-state index contributed by atoms with van der Waals surface area (Å²) in [7, 11) is 0. The van der Waals surface area contributed by atoms with Gasteiger partial charge >= 0.3 is 0 Å². The Morgan fingerprint density at radius 2 is 1.90 bits per heavy atom. The van der Waals surface area contributed by atoms with Crippen LogP contribution in [0.3, 0.4) is 0 Å². The minimum atomic E-state index is -0.182. The van der Waals surface area contributed by atoms with Crippen LogP contribution in [0.4, 0.5) is 5.69 Å². The average molecular weight is 427 g/mol. The van der Waals surface area contributed by atoms with Crippen LogP contribution in [0.1, 0.15) is 17.3 Å². The number of benzene rings is 2. The van der Waals surface area contributed by atoms with Crippen molar-refractivity contribution in [3.63, 3.8) is 0 Å². The molecule has 0 aliphatic carbocycles. The second kappa shape index (κ2) is 9.54. The van der Waals surface area contributed by atoms with Gasteiger partial charge in [0.25, 0.3) is 0 Å². The number of aromatic nitrogens is 3. The molecule has 0 atom stereocenters. The van der Waals surface area contributed by atoms with Crippen molar-refractivity contribution in [1.29, 1.82) is 0 Å². The molecule has 0 unspecified atom stereocenters. The van der Waals surface area contributed by atoms with Gasteiger partial charge in [0.1, 0.15) is 0 Å². The molecule has 0 aliphatic heterocycles. The van der Waals surface area contributed by atoms with E-state index < -0.39 is 0 Å². The van der Waals surface area contributed by atoms with E-state index in [0.29, 0.717) is 33.8 Å². The normalized spacial score (nSPS) is 10.6. The molecule has 1 N–H and O–H groups in total. The van der Waals surface area contributed by atoms with Crippen molar-refractivity contribution < 1.29 is 9.59 Å². The number of hydrogen-bond donors (Lipinski definition) is 1. The lowest BCUT2D eigenvalue weighted by atomic mass is 10.1. The molecule has 1 aromatic heterocycles. The molecule has 0 fully saturated rings. The second-order valence-corrected chi connectivity index (χ2v) is 7.51. The maximum absolute atomic E-state index is 12.3. The summed E-state index contributed by atoms with van der Waals surface area (Å²) in [6, 6.07) is 14.2. The summed E-state index contributed by atoms with van der Waals surface area (Å²) in [4.78, 5) is 23.6. The highest BCUT2D eigenvalue weighted by Crippen LogP contribution is 2.29. The standard InChI is InChI=1S/C21H19ClN4O2S/c1-3-12-26-20(17-6-4-5-7-18(17)22)24-25-21(26)29-13-19(28)23-16-10-8-15(9-11-16)14(2)27/h3-11H,1,12-13H2,2H3,(H,23,28). The van der Waals surface area contributed by atoms with Gasteiger partial charge in [-0.3, -0.25) is 14.2 Å². The Bertz CT molecular complexity index is 1050. The summed E-state index contributed by atoms with van der Waals surface area (Å²) in [6.45, 7) is 5.77. The lowest BCUT2D eigenvalue weighted by Gasteiger charge is -2.09. The molecule has 0 spiro atoms. The van der Waals surface area contributed by atoms with Gasteiger partial charge in [0, 0.05) is 23.4 Å². The fourth-order valence-corrected chi connectivity index (χ4v) is 3.61. The van der Waals surface area contributed by atoms with Crippen LogP contribution in [0.25, 0.3) is 11.4 Å². The number of Topliss-reactive ketones (excluding diaryl/α,β-unsaturated/α-hetero) is 1. The Morgan fingerprint density at radius 3 is 2.55 bits per heavy atom. The van der Waals surface area contributed by atoms with E-state index in [0.717, 1.165) is 5.56 Å². The predicted octanol–water partition coefficient (Wildman–Crippen LogP) is 4.72. The molecule has 0 saturated heterocycles. The van der Waals surface area contributed by atoms with Crippen molar-refractivity contribution in [2.24, 2.45) is 0 Å². The zero-order valence-electron chi connectivity index (χ0n) is 15.8. The fourth-order valence-electron chi connectivity index (χ4n) is 2.65. The summed E-state index contributed by atoms with van der Waals surface area (Å²) in [5, 5.41) is 12.4. The Labute approximate surface area is 178 Å². The summed E-state index contributed by atoms with van der Waals surface area (Å²) in [5.74, 6) is 0.581. The van der Waals surface area contributed by atoms with Crippen LogP contribution in [0, 0.1) is 0 Å². The van der Waals surface area contributed by atoms with E-state index in [1.165, 1.54) is 18.7 Å². The molecule has 0 bridgehead atoms. The molecule has 3 rings (SSSR count). The second-order valence-electron chi connectivity index (χ2n) is 6.16. The fraction of sp³-hybridized carbons (Fsp3) is 0.143. The monoisotopic (exact) mass is 426 g/mol. The van der Waals surface area contributed by atoms with Crippen molar-refractivity contribution in [3.8, 4) is 11.4 Å². The van der Waals surface area contributed by atoms with Crippen LogP contribution in [-0.4, -0.2) is 32.2 Å². The van der Waals surface area contributed by atoms with Crippen LogP contribution in [0.15, 0.2) is 66.3 Å². The van der Waals surface area contributed by atoms with E-state index in [9.17, 15) is 9.59 Å². The van der Waals surface area contributed by atoms with Gasteiger partial charge in [-0.2, -0.15) is 0 Å². The molecule has 148 valence electrons. The largest absolute Gasteiger partial charge is 0.325 e. The Balaban J connectivity index is 1.70. The number of nitrogens with zero attached hydrogens (tertiary/aromatic N) is 3. The summed E-state index contributed by atoms with van der Waals surface area (Å²) >= 11 is 7.57. The van der Waals surface area contributed by atoms with Crippen molar-refractivity contribution in [2.75, 3.05) is 11.1 Å². The first kappa shape index (κ1) is 20.8. The van der Waals surface area contributed by atoms with Crippen LogP contribution >= 0.6 is 23.4 Å². The van der Waals surface area contributed by atoms with Crippen molar-refractivity contribution in [1.82, 2.24) is 14.8 Å².